The molecule has 1 aromatic rings. The van der Waals surface area contributed by atoms with Crippen LogP contribution in [0.15, 0.2) is 12.1 Å². The number of aryl methyl sites for hydroxylation is 1. The van der Waals surface area contributed by atoms with Crippen LogP contribution in [-0.2, 0) is 11.3 Å². The number of alkyl halides is 3. The summed E-state index contributed by atoms with van der Waals surface area (Å²) in [5.74, 6) is -1.50. The van der Waals surface area contributed by atoms with E-state index in [0.717, 1.165) is 0 Å². The van der Waals surface area contributed by atoms with Crippen molar-refractivity contribution >= 4 is 5.97 Å². The highest BCUT2D eigenvalue weighted by Gasteiger charge is 2.27. The van der Waals surface area contributed by atoms with Crippen molar-refractivity contribution in [2.24, 2.45) is 0 Å². The van der Waals surface area contributed by atoms with Crippen molar-refractivity contribution in [3.8, 4) is 0 Å². The largest absolute Gasteiger partial charge is 0.545 e. The lowest BCUT2D eigenvalue weighted by atomic mass is 10.2. The molecule has 0 saturated heterocycles. The SMILES string of the molecule is Cc1ccc(C(=O)[O-])c(COCC(F)(F)F)n1. The van der Waals surface area contributed by atoms with E-state index in [0.29, 0.717) is 5.69 Å². The van der Waals surface area contributed by atoms with Gasteiger partial charge in [-0.25, -0.2) is 0 Å². The van der Waals surface area contributed by atoms with Crippen LogP contribution in [0.4, 0.5) is 13.2 Å². The minimum Gasteiger partial charge on any atom is -0.545 e. The minimum absolute atomic E-state index is 0.0748. The van der Waals surface area contributed by atoms with Crippen molar-refractivity contribution < 1.29 is 27.8 Å². The van der Waals surface area contributed by atoms with E-state index in [9.17, 15) is 23.1 Å². The first-order chi connectivity index (χ1) is 7.79. The summed E-state index contributed by atoms with van der Waals surface area (Å²) in [4.78, 5) is 14.5. The molecule has 1 aromatic heterocycles. The van der Waals surface area contributed by atoms with Crippen molar-refractivity contribution in [1.29, 1.82) is 0 Å². The summed E-state index contributed by atoms with van der Waals surface area (Å²) in [6, 6.07) is 2.66. The maximum absolute atomic E-state index is 11.8. The van der Waals surface area contributed by atoms with Gasteiger partial charge in [0, 0.05) is 11.3 Å². The molecule has 1 heterocycles. The van der Waals surface area contributed by atoms with Crippen LogP contribution < -0.4 is 5.11 Å². The van der Waals surface area contributed by atoms with Gasteiger partial charge in [-0.3, -0.25) is 4.98 Å². The fraction of sp³-hybridized carbons (Fsp3) is 0.400. The topological polar surface area (TPSA) is 62.2 Å². The Labute approximate surface area is 95.0 Å². The predicted molar refractivity (Wildman–Crippen MR) is 49.0 cm³/mol. The molecule has 0 N–H and O–H groups in total. The number of carboxylic acid groups (broad SMARTS) is 1. The van der Waals surface area contributed by atoms with Gasteiger partial charge in [0.2, 0.25) is 0 Å². The number of halogens is 3. The van der Waals surface area contributed by atoms with Gasteiger partial charge in [0.25, 0.3) is 0 Å². The summed E-state index contributed by atoms with van der Waals surface area (Å²) < 4.78 is 39.8. The second-order valence-electron chi connectivity index (χ2n) is 3.34. The molecular weight excluding hydrogens is 239 g/mol. The lowest BCUT2D eigenvalue weighted by Crippen LogP contribution is -2.25. The van der Waals surface area contributed by atoms with Crippen LogP contribution in [0.5, 0.6) is 0 Å². The lowest BCUT2D eigenvalue weighted by molar-refractivity contribution is -0.255. The minimum atomic E-state index is -4.45. The smallest absolute Gasteiger partial charge is 0.411 e. The van der Waals surface area contributed by atoms with Gasteiger partial charge in [-0.2, -0.15) is 13.2 Å². The quantitative estimate of drug-likeness (QED) is 0.791. The third-order valence-electron chi connectivity index (χ3n) is 1.84. The Morgan fingerprint density at radius 3 is 2.65 bits per heavy atom. The number of carboxylic acids is 1. The monoisotopic (exact) mass is 248 g/mol. The maximum Gasteiger partial charge on any atom is 0.411 e. The van der Waals surface area contributed by atoms with Crippen LogP contribution in [0.1, 0.15) is 21.7 Å². The van der Waals surface area contributed by atoms with Crippen molar-refractivity contribution in [2.75, 3.05) is 6.61 Å². The zero-order chi connectivity index (χ0) is 13.1. The highest BCUT2D eigenvalue weighted by atomic mass is 19.4. The fourth-order valence-electron chi connectivity index (χ4n) is 1.17. The first-order valence-electron chi connectivity index (χ1n) is 4.62. The molecule has 0 fully saturated rings. The summed E-state index contributed by atoms with van der Waals surface area (Å²) in [5.41, 5.74) is 0.146. The number of rotatable bonds is 4. The summed E-state index contributed by atoms with van der Waals surface area (Å²) in [6.07, 6.45) is -4.45. The molecular formula is C10H9F3NO3-. The number of carbonyl (C=O) groups is 1. The van der Waals surface area contributed by atoms with E-state index >= 15 is 0 Å². The van der Waals surface area contributed by atoms with Crippen LogP contribution >= 0.6 is 0 Å². The number of hydrogen-bond acceptors (Lipinski definition) is 4. The third kappa shape index (κ3) is 4.39. The Hall–Kier alpha value is -1.63. The van der Waals surface area contributed by atoms with Crippen LogP contribution in [0.3, 0.4) is 0 Å². The molecule has 4 nitrogen and oxygen atoms in total. The molecule has 0 bridgehead atoms. The molecule has 17 heavy (non-hydrogen) atoms. The first-order valence-corrected chi connectivity index (χ1v) is 4.62. The number of aromatic carboxylic acids is 1. The van der Waals surface area contributed by atoms with Gasteiger partial charge in [-0.1, -0.05) is 0 Å². The molecule has 0 aliphatic rings. The average Bonchev–Trinajstić information content (AvgIpc) is 2.15. The van der Waals surface area contributed by atoms with Gasteiger partial charge in [0.1, 0.15) is 6.61 Å². The molecule has 1 rings (SSSR count). The van der Waals surface area contributed by atoms with E-state index in [1.54, 1.807) is 6.92 Å². The predicted octanol–water partition coefficient (Wildman–Crippen LogP) is 0.832. The van der Waals surface area contributed by atoms with E-state index in [2.05, 4.69) is 9.72 Å². The molecule has 7 heteroatoms. The fourth-order valence-corrected chi connectivity index (χ4v) is 1.17. The standard InChI is InChI=1S/C10H10F3NO3/c1-6-2-3-7(9(15)16)8(14-6)4-17-5-10(11,12)13/h2-3H,4-5H2,1H3,(H,15,16)/p-1. The van der Waals surface area contributed by atoms with Crippen molar-refractivity contribution in [1.82, 2.24) is 4.98 Å². The Morgan fingerprint density at radius 2 is 2.12 bits per heavy atom. The van der Waals surface area contributed by atoms with Gasteiger partial charge in [-0.05, 0) is 19.1 Å². The second kappa shape index (κ2) is 5.13. The number of pyridine rings is 1. The zero-order valence-electron chi connectivity index (χ0n) is 8.87. The Bertz CT molecular complexity index is 418. The molecule has 0 atom stereocenters. The van der Waals surface area contributed by atoms with E-state index in [1.807, 2.05) is 0 Å². The third-order valence-corrected chi connectivity index (χ3v) is 1.84. The number of hydrogen-bond donors (Lipinski definition) is 0. The van der Waals surface area contributed by atoms with E-state index in [4.69, 9.17) is 0 Å². The van der Waals surface area contributed by atoms with Crippen molar-refractivity contribution in [3.63, 3.8) is 0 Å². The molecule has 0 unspecified atom stereocenters. The lowest BCUT2D eigenvalue weighted by Gasteiger charge is -2.11. The van der Waals surface area contributed by atoms with E-state index < -0.39 is 25.4 Å². The molecule has 0 aliphatic heterocycles. The molecule has 0 aliphatic carbocycles. The van der Waals surface area contributed by atoms with Gasteiger partial charge in [0.05, 0.1) is 18.3 Å². The Kier molecular flexibility index (Phi) is 4.06. The Balaban J connectivity index is 2.75. The van der Waals surface area contributed by atoms with Crippen LogP contribution in [-0.4, -0.2) is 23.7 Å². The van der Waals surface area contributed by atoms with Crippen molar-refractivity contribution in [3.05, 3.63) is 29.1 Å². The normalized spacial score (nSPS) is 11.5. The van der Waals surface area contributed by atoms with Gasteiger partial charge >= 0.3 is 6.18 Å². The summed E-state index contributed by atoms with van der Waals surface area (Å²) in [7, 11) is 0. The average molecular weight is 248 g/mol. The zero-order valence-corrected chi connectivity index (χ0v) is 8.87. The second-order valence-corrected chi connectivity index (χ2v) is 3.34. The molecule has 94 valence electrons. The number of nitrogens with zero attached hydrogens (tertiary/aromatic N) is 1. The molecule has 0 spiro atoms. The van der Waals surface area contributed by atoms with E-state index in [-0.39, 0.29) is 11.3 Å². The van der Waals surface area contributed by atoms with E-state index in [1.165, 1.54) is 12.1 Å². The van der Waals surface area contributed by atoms with Crippen LogP contribution in [0, 0.1) is 6.92 Å². The highest BCUT2D eigenvalue weighted by molar-refractivity contribution is 5.86. The maximum atomic E-state index is 11.8. The number of ether oxygens (including phenoxy) is 1. The van der Waals surface area contributed by atoms with Crippen molar-refractivity contribution in [2.45, 2.75) is 19.7 Å². The van der Waals surface area contributed by atoms with Gasteiger partial charge in [-0.15, -0.1) is 0 Å². The molecule has 0 saturated carbocycles. The molecule has 0 amide bonds. The summed E-state index contributed by atoms with van der Waals surface area (Å²) in [5, 5.41) is 10.7. The summed E-state index contributed by atoms with van der Waals surface area (Å²) in [6.45, 7) is -0.383. The van der Waals surface area contributed by atoms with Gasteiger partial charge in [0.15, 0.2) is 0 Å². The summed E-state index contributed by atoms with van der Waals surface area (Å²) >= 11 is 0. The molecule has 0 aromatic carbocycles. The first kappa shape index (κ1) is 13.4. The van der Waals surface area contributed by atoms with Crippen LogP contribution in [0.25, 0.3) is 0 Å². The Morgan fingerprint density at radius 1 is 1.47 bits per heavy atom. The number of carbonyl (C=O) groups excluding carboxylic acids is 1. The van der Waals surface area contributed by atoms with Crippen LogP contribution in [0.2, 0.25) is 0 Å². The van der Waals surface area contributed by atoms with Gasteiger partial charge < -0.3 is 14.6 Å². The molecule has 0 radical (unpaired) electrons. The number of aromatic nitrogens is 1. The highest BCUT2D eigenvalue weighted by Crippen LogP contribution is 2.16.